The Morgan fingerprint density at radius 3 is 2.61 bits per heavy atom. The molecule has 2 heterocycles. The number of aromatic nitrogens is 4. The Labute approximate surface area is 136 Å². The van der Waals surface area contributed by atoms with Crippen LogP contribution in [0.2, 0.25) is 0 Å². The van der Waals surface area contributed by atoms with E-state index in [2.05, 4.69) is 45.3 Å². The fourth-order valence-corrected chi connectivity index (χ4v) is 3.44. The zero-order valence-electron chi connectivity index (χ0n) is 14.1. The largest absolute Gasteiger partial charge is 0.513 e. The molecule has 3 rings (SSSR count). The molecule has 0 atom stereocenters. The van der Waals surface area contributed by atoms with Crippen LogP contribution in [0.15, 0.2) is 18.5 Å². The van der Waals surface area contributed by atoms with Gasteiger partial charge in [-0.25, -0.2) is 9.97 Å². The lowest BCUT2D eigenvalue weighted by molar-refractivity contribution is 0.238. The normalized spacial score (nSPS) is 21.7. The number of nitrogens with zero attached hydrogens (tertiary/aromatic N) is 4. The number of aliphatic hydroxyl groups excluding tert-OH is 1. The third-order valence-corrected chi connectivity index (χ3v) is 4.56. The van der Waals surface area contributed by atoms with Crippen LogP contribution < -0.4 is 5.32 Å². The van der Waals surface area contributed by atoms with Crippen LogP contribution in [0.25, 0.3) is 11.2 Å². The number of hydrogen-bond donors (Lipinski definition) is 2. The number of hydrogen-bond acceptors (Lipinski definition) is 5. The summed E-state index contributed by atoms with van der Waals surface area (Å²) < 4.78 is 2.23. The number of fused-ring (bicyclic) bond motifs is 1. The summed E-state index contributed by atoms with van der Waals surface area (Å²) in [4.78, 5) is 13.6. The maximum absolute atomic E-state index is 9.60. The molecule has 1 aliphatic rings. The Kier molecular flexibility index (Phi) is 4.24. The average Bonchev–Trinajstić information content (AvgIpc) is 2.82. The molecule has 0 radical (unpaired) electrons. The minimum atomic E-state index is 0.231. The number of nitrogens with one attached hydrogen (secondary N) is 1. The molecular weight excluding hydrogens is 290 g/mol. The molecule has 0 bridgehead atoms. The van der Waals surface area contributed by atoms with E-state index < -0.39 is 0 Å². The molecule has 2 aromatic rings. The van der Waals surface area contributed by atoms with Crippen LogP contribution >= 0.6 is 0 Å². The van der Waals surface area contributed by atoms with Crippen LogP contribution in [-0.2, 0) is 0 Å². The fraction of sp³-hybridized carbons (Fsp3) is 0.588. The van der Waals surface area contributed by atoms with Crippen molar-refractivity contribution in [2.75, 3.05) is 5.32 Å². The molecule has 0 spiro atoms. The molecule has 1 aliphatic carbocycles. The Morgan fingerprint density at radius 2 is 2.00 bits per heavy atom. The summed E-state index contributed by atoms with van der Waals surface area (Å²) in [6, 6.07) is 0.660. The highest BCUT2D eigenvalue weighted by Crippen LogP contribution is 2.36. The molecule has 0 aliphatic heterocycles. The Hall–Kier alpha value is -2.11. The third-order valence-electron chi connectivity index (χ3n) is 4.56. The number of rotatable bonds is 4. The van der Waals surface area contributed by atoms with Gasteiger partial charge in [0.15, 0.2) is 5.65 Å². The van der Waals surface area contributed by atoms with Crippen molar-refractivity contribution < 1.29 is 5.11 Å². The molecule has 0 saturated heterocycles. The first kappa shape index (κ1) is 15.8. The van der Waals surface area contributed by atoms with E-state index in [1.165, 1.54) is 0 Å². The molecule has 0 aromatic carbocycles. The lowest BCUT2D eigenvalue weighted by Crippen LogP contribution is -2.20. The molecule has 6 heteroatoms. The second-order valence-electron chi connectivity index (χ2n) is 6.73. The molecule has 0 amide bonds. The summed E-state index contributed by atoms with van der Waals surface area (Å²) >= 11 is 0. The molecule has 2 aromatic heterocycles. The number of allylic oxidation sites excluding steroid dienone is 1. The van der Waals surface area contributed by atoms with Gasteiger partial charge in [0, 0.05) is 18.0 Å². The van der Waals surface area contributed by atoms with E-state index in [0.717, 1.165) is 42.7 Å². The van der Waals surface area contributed by atoms with Gasteiger partial charge in [-0.15, -0.1) is 0 Å². The topological polar surface area (TPSA) is 75.9 Å². The van der Waals surface area contributed by atoms with Crippen molar-refractivity contribution in [2.24, 2.45) is 5.92 Å². The van der Waals surface area contributed by atoms with Crippen molar-refractivity contribution >= 4 is 17.1 Å². The highest BCUT2D eigenvalue weighted by molar-refractivity contribution is 5.72. The predicted octanol–water partition coefficient (Wildman–Crippen LogP) is 3.76. The van der Waals surface area contributed by atoms with Crippen LogP contribution in [0.5, 0.6) is 0 Å². The van der Waals surface area contributed by atoms with Gasteiger partial charge in [-0.3, -0.25) is 0 Å². The van der Waals surface area contributed by atoms with Crippen molar-refractivity contribution in [3.63, 3.8) is 0 Å². The second kappa shape index (κ2) is 6.18. The van der Waals surface area contributed by atoms with E-state index in [-0.39, 0.29) is 12.0 Å². The van der Waals surface area contributed by atoms with Gasteiger partial charge in [0.25, 0.3) is 0 Å². The summed E-state index contributed by atoms with van der Waals surface area (Å²) in [5.41, 5.74) is 1.73. The van der Waals surface area contributed by atoms with Crippen LogP contribution in [-0.4, -0.2) is 30.7 Å². The monoisotopic (exact) mass is 315 g/mol. The van der Waals surface area contributed by atoms with Gasteiger partial charge in [0.2, 0.25) is 5.95 Å². The maximum Gasteiger partial charge on any atom is 0.224 e. The minimum Gasteiger partial charge on any atom is -0.513 e. The summed E-state index contributed by atoms with van der Waals surface area (Å²) in [7, 11) is 0. The molecule has 6 nitrogen and oxygen atoms in total. The van der Waals surface area contributed by atoms with Gasteiger partial charge in [-0.2, -0.15) is 4.98 Å². The summed E-state index contributed by atoms with van der Waals surface area (Å²) in [6.07, 6.45) is 5.72. The lowest BCUT2D eigenvalue weighted by atomic mass is 9.85. The van der Waals surface area contributed by atoms with Crippen molar-refractivity contribution in [3.8, 4) is 0 Å². The molecule has 1 fully saturated rings. The first-order chi connectivity index (χ1) is 11.0. The van der Waals surface area contributed by atoms with Crippen LogP contribution in [0, 0.1) is 12.8 Å². The van der Waals surface area contributed by atoms with Crippen LogP contribution in [0.4, 0.5) is 5.95 Å². The van der Waals surface area contributed by atoms with Gasteiger partial charge < -0.3 is 15.0 Å². The Balaban J connectivity index is 1.90. The molecular formula is C17H25N5O. The standard InChI is InChI=1S/C17H25N5O/c1-10(2)19-17-18-9-15-16(21-17)22(12(4)20-15)14-7-5-13(6-8-14)11(3)23/h9-10,13-14,23H,3,5-8H2,1-2,4H3,(H,18,19,21)/t13-,14+. The van der Waals surface area contributed by atoms with Gasteiger partial charge in [0.1, 0.15) is 11.3 Å². The van der Waals surface area contributed by atoms with E-state index in [4.69, 9.17) is 0 Å². The fourth-order valence-electron chi connectivity index (χ4n) is 3.44. The van der Waals surface area contributed by atoms with Crippen molar-refractivity contribution in [1.82, 2.24) is 19.5 Å². The first-order valence-electron chi connectivity index (χ1n) is 8.31. The molecule has 23 heavy (non-hydrogen) atoms. The van der Waals surface area contributed by atoms with E-state index in [1.54, 1.807) is 6.20 Å². The van der Waals surface area contributed by atoms with Crippen LogP contribution in [0.3, 0.4) is 0 Å². The van der Waals surface area contributed by atoms with Crippen molar-refractivity contribution in [3.05, 3.63) is 24.4 Å². The number of anilines is 1. The molecule has 2 N–H and O–H groups in total. The van der Waals surface area contributed by atoms with E-state index in [1.807, 2.05) is 6.92 Å². The smallest absolute Gasteiger partial charge is 0.224 e. The first-order valence-corrected chi connectivity index (χ1v) is 8.31. The number of aryl methyl sites for hydroxylation is 1. The highest BCUT2D eigenvalue weighted by Gasteiger charge is 2.26. The van der Waals surface area contributed by atoms with Gasteiger partial charge in [0.05, 0.1) is 12.0 Å². The van der Waals surface area contributed by atoms with E-state index >= 15 is 0 Å². The Morgan fingerprint density at radius 1 is 1.30 bits per heavy atom. The highest BCUT2D eigenvalue weighted by atomic mass is 16.3. The third kappa shape index (κ3) is 3.16. The zero-order chi connectivity index (χ0) is 16.6. The zero-order valence-corrected chi connectivity index (χ0v) is 14.1. The van der Waals surface area contributed by atoms with Crippen LogP contribution in [0.1, 0.15) is 51.4 Å². The lowest BCUT2D eigenvalue weighted by Gasteiger charge is -2.29. The minimum absolute atomic E-state index is 0.231. The number of imidazole rings is 1. The van der Waals surface area contributed by atoms with E-state index in [0.29, 0.717) is 17.7 Å². The summed E-state index contributed by atoms with van der Waals surface area (Å²) in [5.74, 6) is 2.17. The summed E-state index contributed by atoms with van der Waals surface area (Å²) in [5, 5.41) is 12.8. The van der Waals surface area contributed by atoms with Crippen molar-refractivity contribution in [1.29, 1.82) is 0 Å². The van der Waals surface area contributed by atoms with Gasteiger partial charge >= 0.3 is 0 Å². The van der Waals surface area contributed by atoms with Crippen molar-refractivity contribution in [2.45, 2.75) is 58.5 Å². The average molecular weight is 315 g/mol. The Bertz CT molecular complexity index is 713. The molecule has 1 saturated carbocycles. The van der Waals surface area contributed by atoms with Gasteiger partial charge in [-0.05, 0) is 46.5 Å². The SMILES string of the molecule is C=C(O)[C@H]1CC[C@@H](n2c(C)nc3cnc(NC(C)C)nc32)CC1. The molecule has 0 unspecified atom stereocenters. The quantitative estimate of drug-likeness (QED) is 0.840. The summed E-state index contributed by atoms with van der Waals surface area (Å²) in [6.45, 7) is 9.84. The number of aliphatic hydroxyl groups is 1. The van der Waals surface area contributed by atoms with E-state index in [9.17, 15) is 5.11 Å². The van der Waals surface area contributed by atoms with Gasteiger partial charge in [-0.1, -0.05) is 6.58 Å². The second-order valence-corrected chi connectivity index (χ2v) is 6.73. The maximum atomic E-state index is 9.60. The molecule has 124 valence electrons. The predicted molar refractivity (Wildman–Crippen MR) is 91.6 cm³/mol.